The zero-order valence-corrected chi connectivity index (χ0v) is 16.2. The summed E-state index contributed by atoms with van der Waals surface area (Å²) in [7, 11) is 0. The van der Waals surface area contributed by atoms with Crippen LogP contribution < -0.4 is 10.2 Å². The second-order valence-electron chi connectivity index (χ2n) is 7.43. The summed E-state index contributed by atoms with van der Waals surface area (Å²) >= 11 is 0. The maximum absolute atomic E-state index is 4.98. The van der Waals surface area contributed by atoms with Crippen LogP contribution in [0.2, 0.25) is 0 Å². The number of piperidine rings is 1. The highest BCUT2D eigenvalue weighted by Gasteiger charge is 2.23. The van der Waals surface area contributed by atoms with Crippen molar-refractivity contribution in [3.8, 4) is 11.4 Å². The van der Waals surface area contributed by atoms with Crippen LogP contribution in [0.3, 0.4) is 0 Å². The summed E-state index contributed by atoms with van der Waals surface area (Å²) in [4.78, 5) is 16.4. The Balaban J connectivity index is 1.50. The predicted octanol–water partition coefficient (Wildman–Crippen LogP) is 4.77. The number of hydrogen-bond acceptors (Lipinski definition) is 5. The molecular weight excluding hydrogens is 358 g/mol. The molecule has 144 valence electrons. The van der Waals surface area contributed by atoms with Crippen molar-refractivity contribution in [3.05, 3.63) is 79.1 Å². The van der Waals surface area contributed by atoms with Crippen molar-refractivity contribution >= 4 is 22.4 Å². The molecule has 3 heterocycles. The van der Waals surface area contributed by atoms with Crippen LogP contribution >= 0.6 is 0 Å². The molecule has 0 amide bonds. The first-order valence-electron chi connectivity index (χ1n) is 10.1. The van der Waals surface area contributed by atoms with Crippen LogP contribution in [0.25, 0.3) is 22.3 Å². The van der Waals surface area contributed by atoms with Crippen molar-refractivity contribution < 1.29 is 0 Å². The summed E-state index contributed by atoms with van der Waals surface area (Å²) in [5.41, 5.74) is 3.08. The monoisotopic (exact) mass is 381 g/mol. The van der Waals surface area contributed by atoms with Crippen LogP contribution in [-0.2, 0) is 0 Å². The molecule has 4 aromatic rings. The quantitative estimate of drug-likeness (QED) is 0.552. The summed E-state index contributed by atoms with van der Waals surface area (Å²) in [6.45, 7) is 1.92. The lowest BCUT2D eigenvalue weighted by Crippen LogP contribution is -2.42. The molecule has 5 nitrogen and oxygen atoms in total. The SMILES string of the molecule is c1ccc(NC2CCCN(c3nc(-c4cccnc4)nc4ccccc34)C2)cc1. The van der Waals surface area contributed by atoms with E-state index in [9.17, 15) is 0 Å². The van der Waals surface area contributed by atoms with Gasteiger partial charge in [-0.1, -0.05) is 30.3 Å². The molecule has 0 saturated carbocycles. The molecule has 0 radical (unpaired) electrons. The van der Waals surface area contributed by atoms with E-state index < -0.39 is 0 Å². The van der Waals surface area contributed by atoms with Crippen molar-refractivity contribution in [1.82, 2.24) is 15.0 Å². The lowest BCUT2D eigenvalue weighted by Gasteiger charge is -2.35. The Labute approximate surface area is 170 Å². The molecule has 1 aliphatic rings. The molecule has 1 atom stereocenters. The minimum atomic E-state index is 0.390. The minimum absolute atomic E-state index is 0.390. The minimum Gasteiger partial charge on any atom is -0.381 e. The number of benzene rings is 2. The predicted molar refractivity (Wildman–Crippen MR) is 118 cm³/mol. The summed E-state index contributed by atoms with van der Waals surface area (Å²) in [5, 5.41) is 4.78. The first kappa shape index (κ1) is 17.6. The molecule has 1 saturated heterocycles. The van der Waals surface area contributed by atoms with Crippen LogP contribution in [0, 0.1) is 0 Å². The molecule has 29 heavy (non-hydrogen) atoms. The molecule has 5 heteroatoms. The van der Waals surface area contributed by atoms with Gasteiger partial charge in [0.05, 0.1) is 5.52 Å². The highest BCUT2D eigenvalue weighted by Crippen LogP contribution is 2.29. The number of hydrogen-bond donors (Lipinski definition) is 1. The van der Waals surface area contributed by atoms with Crippen molar-refractivity contribution in [3.63, 3.8) is 0 Å². The molecule has 5 rings (SSSR count). The number of para-hydroxylation sites is 2. The van der Waals surface area contributed by atoms with Crippen LogP contribution in [0.15, 0.2) is 79.1 Å². The van der Waals surface area contributed by atoms with Gasteiger partial charge in [-0.05, 0) is 49.2 Å². The molecule has 1 N–H and O–H groups in total. The summed E-state index contributed by atoms with van der Waals surface area (Å²) < 4.78 is 0. The van der Waals surface area contributed by atoms with E-state index in [2.05, 4.69) is 57.7 Å². The van der Waals surface area contributed by atoms with Gasteiger partial charge in [-0.25, -0.2) is 9.97 Å². The van der Waals surface area contributed by atoms with Gasteiger partial charge in [-0.2, -0.15) is 0 Å². The number of fused-ring (bicyclic) bond motifs is 1. The van der Waals surface area contributed by atoms with Gasteiger partial charge in [0, 0.05) is 48.2 Å². The summed E-state index contributed by atoms with van der Waals surface area (Å²) in [6, 6.07) is 23.0. The molecule has 0 bridgehead atoms. The second kappa shape index (κ2) is 7.87. The summed E-state index contributed by atoms with van der Waals surface area (Å²) in [5.74, 6) is 1.74. The Hall–Kier alpha value is -3.47. The first-order valence-corrected chi connectivity index (χ1v) is 10.1. The van der Waals surface area contributed by atoms with Gasteiger partial charge in [0.1, 0.15) is 5.82 Å². The average Bonchev–Trinajstić information content (AvgIpc) is 2.80. The van der Waals surface area contributed by atoms with E-state index in [1.807, 2.05) is 30.5 Å². The molecular formula is C24H23N5. The molecule has 1 unspecified atom stereocenters. The maximum Gasteiger partial charge on any atom is 0.163 e. The van der Waals surface area contributed by atoms with E-state index in [0.717, 1.165) is 54.0 Å². The third-order valence-electron chi connectivity index (χ3n) is 5.37. The fraction of sp³-hybridized carbons (Fsp3) is 0.208. The number of pyridine rings is 1. The number of rotatable bonds is 4. The van der Waals surface area contributed by atoms with Crippen LogP contribution in [0.5, 0.6) is 0 Å². The average molecular weight is 381 g/mol. The van der Waals surface area contributed by atoms with E-state index in [1.54, 1.807) is 6.20 Å². The van der Waals surface area contributed by atoms with Gasteiger partial charge in [-0.3, -0.25) is 4.98 Å². The van der Waals surface area contributed by atoms with Gasteiger partial charge in [0.2, 0.25) is 0 Å². The number of nitrogens with one attached hydrogen (secondary N) is 1. The topological polar surface area (TPSA) is 53.9 Å². The molecule has 2 aromatic carbocycles. The summed E-state index contributed by atoms with van der Waals surface area (Å²) in [6.07, 6.45) is 5.88. The van der Waals surface area contributed by atoms with E-state index in [0.29, 0.717) is 6.04 Å². The Morgan fingerprint density at radius 3 is 2.62 bits per heavy atom. The number of aromatic nitrogens is 3. The van der Waals surface area contributed by atoms with Crippen molar-refractivity contribution in [2.75, 3.05) is 23.3 Å². The van der Waals surface area contributed by atoms with Gasteiger partial charge < -0.3 is 10.2 Å². The van der Waals surface area contributed by atoms with Crippen molar-refractivity contribution in [2.24, 2.45) is 0 Å². The van der Waals surface area contributed by atoms with Crippen molar-refractivity contribution in [1.29, 1.82) is 0 Å². The fourth-order valence-electron chi connectivity index (χ4n) is 3.98. The van der Waals surface area contributed by atoms with Crippen LogP contribution in [0.4, 0.5) is 11.5 Å². The van der Waals surface area contributed by atoms with E-state index in [1.165, 1.54) is 5.69 Å². The molecule has 1 aliphatic heterocycles. The van der Waals surface area contributed by atoms with Crippen molar-refractivity contribution in [2.45, 2.75) is 18.9 Å². The lowest BCUT2D eigenvalue weighted by atomic mass is 10.0. The maximum atomic E-state index is 4.98. The van der Waals surface area contributed by atoms with E-state index >= 15 is 0 Å². The molecule has 1 fully saturated rings. The van der Waals surface area contributed by atoms with Gasteiger partial charge in [0.25, 0.3) is 0 Å². The van der Waals surface area contributed by atoms with Crippen LogP contribution in [-0.4, -0.2) is 34.1 Å². The molecule has 0 aliphatic carbocycles. The normalized spacial score (nSPS) is 16.7. The van der Waals surface area contributed by atoms with E-state index in [4.69, 9.17) is 9.97 Å². The van der Waals surface area contributed by atoms with Gasteiger partial charge in [0.15, 0.2) is 5.82 Å². The number of nitrogens with zero attached hydrogens (tertiary/aromatic N) is 4. The Morgan fingerprint density at radius 2 is 1.76 bits per heavy atom. The Kier molecular flexibility index (Phi) is 4.78. The zero-order chi connectivity index (χ0) is 19.5. The fourth-order valence-corrected chi connectivity index (χ4v) is 3.98. The largest absolute Gasteiger partial charge is 0.381 e. The third kappa shape index (κ3) is 3.76. The standard InChI is InChI=1S/C24H23N5/c1-2-9-19(10-3-1)26-20-11-7-15-29(17-20)24-21-12-4-5-13-22(21)27-23(28-24)18-8-6-14-25-16-18/h1-6,8-10,12-14,16,20,26H,7,11,15,17H2. The zero-order valence-electron chi connectivity index (χ0n) is 16.2. The number of anilines is 2. The molecule has 2 aromatic heterocycles. The second-order valence-corrected chi connectivity index (χ2v) is 7.43. The smallest absolute Gasteiger partial charge is 0.163 e. The Bertz CT molecular complexity index is 1100. The van der Waals surface area contributed by atoms with Gasteiger partial charge >= 0.3 is 0 Å². The molecule has 0 spiro atoms. The first-order chi connectivity index (χ1) is 14.4. The lowest BCUT2D eigenvalue weighted by molar-refractivity contribution is 0.528. The van der Waals surface area contributed by atoms with Crippen LogP contribution in [0.1, 0.15) is 12.8 Å². The van der Waals surface area contributed by atoms with Gasteiger partial charge in [-0.15, -0.1) is 0 Å². The highest BCUT2D eigenvalue weighted by atomic mass is 15.2. The highest BCUT2D eigenvalue weighted by molar-refractivity contribution is 5.91. The van der Waals surface area contributed by atoms with E-state index in [-0.39, 0.29) is 0 Å². The Morgan fingerprint density at radius 1 is 0.897 bits per heavy atom. The third-order valence-corrected chi connectivity index (χ3v) is 5.37.